The number of amides is 1. The Kier molecular flexibility index (Phi) is 5.57. The number of carbonyl (C=O) groups excluding carboxylic acids is 1. The summed E-state index contributed by atoms with van der Waals surface area (Å²) in [5.74, 6) is -0.520. The number of nitrogens with zero attached hydrogens (tertiary/aromatic N) is 2. The van der Waals surface area contributed by atoms with Crippen LogP contribution in [0.3, 0.4) is 0 Å². The molecule has 1 N–H and O–H groups in total. The standard InChI is InChI=1S/C18H19ClFN3O3S/c1-27(25,26)21-13-6-7-14(15(19)12-13)18(24)23-10-8-22(9-11-23)17-5-3-2-4-16(17)20/h2-7,12,21H,8-11H2,1H3. The number of sulfonamides is 1. The highest BCUT2D eigenvalue weighted by Crippen LogP contribution is 2.25. The van der Waals surface area contributed by atoms with Gasteiger partial charge in [-0.3, -0.25) is 9.52 Å². The van der Waals surface area contributed by atoms with Crippen molar-refractivity contribution >= 4 is 38.9 Å². The number of hydrogen-bond acceptors (Lipinski definition) is 4. The zero-order chi connectivity index (χ0) is 19.6. The van der Waals surface area contributed by atoms with E-state index in [1.165, 1.54) is 24.3 Å². The van der Waals surface area contributed by atoms with Crippen LogP contribution in [0.5, 0.6) is 0 Å². The van der Waals surface area contributed by atoms with E-state index >= 15 is 0 Å². The maximum absolute atomic E-state index is 13.9. The third kappa shape index (κ3) is 4.70. The van der Waals surface area contributed by atoms with Crippen LogP contribution in [0.4, 0.5) is 15.8 Å². The van der Waals surface area contributed by atoms with Crippen molar-refractivity contribution in [2.24, 2.45) is 0 Å². The summed E-state index contributed by atoms with van der Waals surface area (Å²) < 4.78 is 38.8. The third-order valence-electron chi connectivity index (χ3n) is 4.26. The van der Waals surface area contributed by atoms with Gasteiger partial charge in [0.15, 0.2) is 0 Å². The number of hydrogen-bond donors (Lipinski definition) is 1. The summed E-state index contributed by atoms with van der Waals surface area (Å²) in [5.41, 5.74) is 1.12. The molecule has 0 bridgehead atoms. The predicted octanol–water partition coefficient (Wildman–Crippen LogP) is 2.81. The number of anilines is 2. The van der Waals surface area contributed by atoms with Gasteiger partial charge in [0, 0.05) is 31.9 Å². The second-order valence-corrected chi connectivity index (χ2v) is 8.46. The Morgan fingerprint density at radius 2 is 1.78 bits per heavy atom. The van der Waals surface area contributed by atoms with Crippen molar-refractivity contribution in [3.63, 3.8) is 0 Å². The van der Waals surface area contributed by atoms with E-state index in [1.807, 2.05) is 4.90 Å². The lowest BCUT2D eigenvalue weighted by Gasteiger charge is -2.36. The van der Waals surface area contributed by atoms with E-state index in [4.69, 9.17) is 11.6 Å². The van der Waals surface area contributed by atoms with Crippen molar-refractivity contribution in [3.05, 3.63) is 58.9 Å². The van der Waals surface area contributed by atoms with Gasteiger partial charge in [0.2, 0.25) is 10.0 Å². The van der Waals surface area contributed by atoms with Crippen LogP contribution in [0.2, 0.25) is 5.02 Å². The van der Waals surface area contributed by atoms with Crippen molar-refractivity contribution in [2.75, 3.05) is 42.1 Å². The summed E-state index contributed by atoms with van der Waals surface area (Å²) in [6.07, 6.45) is 1.04. The number of para-hydroxylation sites is 1. The highest BCUT2D eigenvalue weighted by molar-refractivity contribution is 7.92. The van der Waals surface area contributed by atoms with Gasteiger partial charge in [-0.15, -0.1) is 0 Å². The van der Waals surface area contributed by atoms with Crippen molar-refractivity contribution in [2.45, 2.75) is 0 Å². The van der Waals surface area contributed by atoms with E-state index < -0.39 is 10.0 Å². The molecule has 0 unspecified atom stereocenters. The third-order valence-corrected chi connectivity index (χ3v) is 5.18. The second-order valence-electron chi connectivity index (χ2n) is 6.30. The van der Waals surface area contributed by atoms with Gasteiger partial charge in [0.25, 0.3) is 5.91 Å². The molecule has 2 aromatic rings. The van der Waals surface area contributed by atoms with Crippen molar-refractivity contribution in [1.82, 2.24) is 4.90 Å². The molecule has 9 heteroatoms. The molecule has 0 aliphatic carbocycles. The van der Waals surface area contributed by atoms with E-state index in [-0.39, 0.29) is 16.7 Å². The fraction of sp³-hybridized carbons (Fsp3) is 0.278. The molecule has 3 rings (SSSR count). The van der Waals surface area contributed by atoms with Crippen LogP contribution in [0.25, 0.3) is 0 Å². The zero-order valence-corrected chi connectivity index (χ0v) is 16.2. The average molecular weight is 412 g/mol. The molecule has 0 saturated carbocycles. The molecular formula is C18H19ClFN3O3S. The summed E-state index contributed by atoms with van der Waals surface area (Å²) >= 11 is 6.18. The maximum atomic E-state index is 13.9. The van der Waals surface area contributed by atoms with Gasteiger partial charge in [0.05, 0.1) is 22.5 Å². The van der Waals surface area contributed by atoms with Gasteiger partial charge in [-0.05, 0) is 30.3 Å². The topological polar surface area (TPSA) is 69.7 Å². The summed E-state index contributed by atoms with van der Waals surface area (Å²) in [7, 11) is -3.42. The molecule has 0 aromatic heterocycles. The van der Waals surface area contributed by atoms with Gasteiger partial charge in [-0.25, -0.2) is 12.8 Å². The molecule has 1 heterocycles. The Balaban J connectivity index is 1.68. The first-order valence-corrected chi connectivity index (χ1v) is 10.6. The van der Waals surface area contributed by atoms with Gasteiger partial charge in [0.1, 0.15) is 5.82 Å². The SMILES string of the molecule is CS(=O)(=O)Nc1ccc(C(=O)N2CCN(c3ccccc3F)CC2)c(Cl)c1. The van der Waals surface area contributed by atoms with Crippen LogP contribution < -0.4 is 9.62 Å². The average Bonchev–Trinajstić information content (AvgIpc) is 2.60. The van der Waals surface area contributed by atoms with E-state index in [0.29, 0.717) is 43.1 Å². The molecule has 0 spiro atoms. The monoisotopic (exact) mass is 411 g/mol. The Bertz CT molecular complexity index is 960. The van der Waals surface area contributed by atoms with Crippen molar-refractivity contribution in [3.8, 4) is 0 Å². The molecular weight excluding hydrogens is 393 g/mol. The lowest BCUT2D eigenvalue weighted by molar-refractivity contribution is 0.0747. The fourth-order valence-corrected chi connectivity index (χ4v) is 3.81. The van der Waals surface area contributed by atoms with E-state index in [1.54, 1.807) is 23.1 Å². The number of nitrogens with one attached hydrogen (secondary N) is 1. The molecule has 0 atom stereocenters. The fourth-order valence-electron chi connectivity index (χ4n) is 3.00. The molecule has 2 aromatic carbocycles. The lowest BCUT2D eigenvalue weighted by Crippen LogP contribution is -2.49. The summed E-state index contributed by atoms with van der Waals surface area (Å²) in [5, 5.41) is 0.171. The largest absolute Gasteiger partial charge is 0.366 e. The minimum absolute atomic E-state index is 0.171. The van der Waals surface area contributed by atoms with Gasteiger partial charge in [-0.1, -0.05) is 23.7 Å². The maximum Gasteiger partial charge on any atom is 0.255 e. The molecule has 1 aliphatic heterocycles. The van der Waals surface area contributed by atoms with E-state index in [9.17, 15) is 17.6 Å². The van der Waals surface area contributed by atoms with Crippen LogP contribution in [0.1, 0.15) is 10.4 Å². The molecule has 0 radical (unpaired) electrons. The molecule has 6 nitrogen and oxygen atoms in total. The molecule has 144 valence electrons. The lowest BCUT2D eigenvalue weighted by atomic mass is 10.1. The molecule has 1 fully saturated rings. The van der Waals surface area contributed by atoms with Crippen LogP contribution in [0, 0.1) is 5.82 Å². The Morgan fingerprint density at radius 3 is 2.37 bits per heavy atom. The van der Waals surface area contributed by atoms with Crippen molar-refractivity contribution in [1.29, 1.82) is 0 Å². The van der Waals surface area contributed by atoms with Crippen LogP contribution in [-0.4, -0.2) is 51.7 Å². The molecule has 1 amide bonds. The Morgan fingerprint density at radius 1 is 1.11 bits per heavy atom. The Hall–Kier alpha value is -2.32. The predicted molar refractivity (Wildman–Crippen MR) is 104 cm³/mol. The molecule has 27 heavy (non-hydrogen) atoms. The highest BCUT2D eigenvalue weighted by Gasteiger charge is 2.25. The van der Waals surface area contributed by atoms with E-state index in [0.717, 1.165) is 6.26 Å². The second kappa shape index (κ2) is 7.74. The Labute approximate surface area is 162 Å². The summed E-state index contributed by atoms with van der Waals surface area (Å²) in [6, 6.07) is 11.0. The van der Waals surface area contributed by atoms with Crippen LogP contribution in [-0.2, 0) is 10.0 Å². The molecule has 1 aliphatic rings. The number of piperazine rings is 1. The minimum Gasteiger partial charge on any atom is -0.366 e. The zero-order valence-electron chi connectivity index (χ0n) is 14.7. The number of carbonyl (C=O) groups is 1. The summed E-state index contributed by atoms with van der Waals surface area (Å²) in [4.78, 5) is 16.3. The summed E-state index contributed by atoms with van der Waals surface area (Å²) in [6.45, 7) is 1.90. The number of halogens is 2. The van der Waals surface area contributed by atoms with Gasteiger partial charge < -0.3 is 9.80 Å². The molecule has 1 saturated heterocycles. The van der Waals surface area contributed by atoms with Gasteiger partial charge >= 0.3 is 0 Å². The van der Waals surface area contributed by atoms with E-state index in [2.05, 4.69) is 4.72 Å². The van der Waals surface area contributed by atoms with Crippen molar-refractivity contribution < 1.29 is 17.6 Å². The minimum atomic E-state index is -3.42. The van der Waals surface area contributed by atoms with Crippen LogP contribution in [0.15, 0.2) is 42.5 Å². The van der Waals surface area contributed by atoms with Gasteiger partial charge in [-0.2, -0.15) is 0 Å². The van der Waals surface area contributed by atoms with Crippen LogP contribution >= 0.6 is 11.6 Å². The number of benzene rings is 2. The number of rotatable bonds is 4. The normalized spacial score (nSPS) is 14.9. The first-order valence-electron chi connectivity index (χ1n) is 8.31. The first kappa shape index (κ1) is 19.4. The highest BCUT2D eigenvalue weighted by atomic mass is 35.5. The quantitative estimate of drug-likeness (QED) is 0.839. The smallest absolute Gasteiger partial charge is 0.255 e. The first-order chi connectivity index (χ1) is 12.7.